The van der Waals surface area contributed by atoms with E-state index in [-0.39, 0.29) is 6.42 Å². The Morgan fingerprint density at radius 2 is 2.23 bits per heavy atom. The molecule has 1 heterocycles. The van der Waals surface area contributed by atoms with Crippen LogP contribution < -0.4 is 0 Å². The van der Waals surface area contributed by atoms with Gasteiger partial charge < -0.3 is 15.3 Å². The van der Waals surface area contributed by atoms with Gasteiger partial charge in [-0.15, -0.1) is 0 Å². The van der Waals surface area contributed by atoms with Gasteiger partial charge in [-0.25, -0.2) is 0 Å². The molecule has 0 aromatic heterocycles. The smallest absolute Gasteiger partial charge is 0.320 e. The minimum Gasteiger partial charge on any atom is -0.480 e. The van der Waals surface area contributed by atoms with Gasteiger partial charge in [0.15, 0.2) is 6.29 Å². The lowest BCUT2D eigenvalue weighted by Crippen LogP contribution is -2.37. The zero-order valence-electron chi connectivity index (χ0n) is 7.39. The van der Waals surface area contributed by atoms with Crippen LogP contribution in [0.4, 0.5) is 0 Å². The molecule has 1 saturated heterocycles. The lowest BCUT2D eigenvalue weighted by molar-refractivity contribution is -0.142. The molecule has 76 valence electrons. The second kappa shape index (κ2) is 4.55. The first-order valence-electron chi connectivity index (χ1n) is 4.44. The van der Waals surface area contributed by atoms with Crippen LogP contribution in [0, 0.1) is 0 Å². The van der Waals surface area contributed by atoms with Gasteiger partial charge in [-0.05, 0) is 19.4 Å². The van der Waals surface area contributed by atoms with E-state index in [0.717, 1.165) is 13.0 Å². The number of hydrogen-bond acceptors (Lipinski definition) is 4. The fourth-order valence-electron chi connectivity index (χ4n) is 1.65. The van der Waals surface area contributed by atoms with E-state index >= 15 is 0 Å². The van der Waals surface area contributed by atoms with Crippen LogP contribution in [0.3, 0.4) is 0 Å². The summed E-state index contributed by atoms with van der Waals surface area (Å²) in [5.74, 6) is -0.815. The molecule has 0 aliphatic carbocycles. The van der Waals surface area contributed by atoms with Gasteiger partial charge in [-0.3, -0.25) is 9.69 Å². The minimum absolute atomic E-state index is 0.212. The first-order valence-corrected chi connectivity index (χ1v) is 4.44. The monoisotopic (exact) mass is 189 g/mol. The molecule has 0 radical (unpaired) electrons. The normalized spacial score (nSPS) is 24.1. The molecule has 0 aromatic rings. The lowest BCUT2D eigenvalue weighted by atomic mass is 10.2. The van der Waals surface area contributed by atoms with E-state index < -0.39 is 18.3 Å². The Labute approximate surface area is 76.6 Å². The third-order valence-corrected chi connectivity index (χ3v) is 2.32. The Hall–Kier alpha value is -0.650. The van der Waals surface area contributed by atoms with Crippen molar-refractivity contribution in [2.75, 3.05) is 13.1 Å². The number of nitrogens with zero attached hydrogens (tertiary/aromatic N) is 1. The maximum Gasteiger partial charge on any atom is 0.320 e. The van der Waals surface area contributed by atoms with Crippen molar-refractivity contribution in [2.24, 2.45) is 0 Å². The van der Waals surface area contributed by atoms with Crippen LogP contribution in [0.5, 0.6) is 0 Å². The van der Waals surface area contributed by atoms with Crippen molar-refractivity contribution in [3.8, 4) is 0 Å². The molecule has 5 heteroatoms. The Kier molecular flexibility index (Phi) is 3.65. The predicted octanol–water partition coefficient (Wildman–Crippen LogP) is -0.764. The van der Waals surface area contributed by atoms with Crippen molar-refractivity contribution >= 4 is 5.97 Å². The summed E-state index contributed by atoms with van der Waals surface area (Å²) in [5.41, 5.74) is 0. The van der Waals surface area contributed by atoms with Crippen LogP contribution >= 0.6 is 0 Å². The van der Waals surface area contributed by atoms with E-state index in [4.69, 9.17) is 15.3 Å². The van der Waals surface area contributed by atoms with E-state index in [1.54, 1.807) is 4.90 Å². The average molecular weight is 189 g/mol. The molecule has 1 aliphatic heterocycles. The number of aliphatic hydroxyl groups excluding tert-OH is 1. The maximum atomic E-state index is 10.7. The predicted molar refractivity (Wildman–Crippen MR) is 45.1 cm³/mol. The molecule has 0 amide bonds. The molecule has 1 aliphatic rings. The number of carboxylic acids is 1. The average Bonchev–Trinajstić information content (AvgIpc) is 2.47. The summed E-state index contributed by atoms with van der Waals surface area (Å²) in [6.45, 7) is 1.18. The van der Waals surface area contributed by atoms with E-state index in [1.165, 1.54) is 0 Å². The van der Waals surface area contributed by atoms with Crippen molar-refractivity contribution in [1.82, 2.24) is 4.90 Å². The van der Waals surface area contributed by atoms with Crippen molar-refractivity contribution in [3.05, 3.63) is 0 Å². The highest BCUT2D eigenvalue weighted by molar-refractivity contribution is 5.73. The van der Waals surface area contributed by atoms with Gasteiger partial charge in [0, 0.05) is 13.0 Å². The molecular formula is C8H15NO4. The highest BCUT2D eigenvalue weighted by Gasteiger charge is 2.29. The largest absolute Gasteiger partial charge is 0.480 e. The molecule has 1 rings (SSSR count). The molecule has 3 N–H and O–H groups in total. The van der Waals surface area contributed by atoms with Crippen LogP contribution in [0.2, 0.25) is 0 Å². The van der Waals surface area contributed by atoms with Gasteiger partial charge in [0.25, 0.3) is 0 Å². The summed E-state index contributed by atoms with van der Waals surface area (Å²) in [7, 11) is 0. The number of rotatable bonds is 4. The van der Waals surface area contributed by atoms with Crippen LogP contribution in [0.15, 0.2) is 0 Å². The molecule has 5 nitrogen and oxygen atoms in total. The molecular weight excluding hydrogens is 174 g/mol. The van der Waals surface area contributed by atoms with Crippen molar-refractivity contribution in [2.45, 2.75) is 31.6 Å². The number of aliphatic carboxylic acids is 1. The molecule has 0 saturated carbocycles. The molecule has 13 heavy (non-hydrogen) atoms. The highest BCUT2D eigenvalue weighted by Crippen LogP contribution is 2.17. The maximum absolute atomic E-state index is 10.7. The topological polar surface area (TPSA) is 81.0 Å². The summed E-state index contributed by atoms with van der Waals surface area (Å²) in [4.78, 5) is 12.5. The van der Waals surface area contributed by atoms with Gasteiger partial charge in [0.1, 0.15) is 6.04 Å². The molecule has 0 bridgehead atoms. The third-order valence-electron chi connectivity index (χ3n) is 2.32. The van der Waals surface area contributed by atoms with Crippen LogP contribution in [0.1, 0.15) is 19.3 Å². The zero-order valence-corrected chi connectivity index (χ0v) is 7.39. The number of hydrogen-bond donors (Lipinski definition) is 3. The SMILES string of the molecule is O=C(O)[C@@H]1CCCN1CCC(O)O. The van der Waals surface area contributed by atoms with Gasteiger partial charge in [-0.2, -0.15) is 0 Å². The second-order valence-corrected chi connectivity index (χ2v) is 3.30. The van der Waals surface area contributed by atoms with Gasteiger partial charge in [-0.1, -0.05) is 0 Å². The van der Waals surface area contributed by atoms with Crippen molar-refractivity contribution in [1.29, 1.82) is 0 Å². The Balaban J connectivity index is 2.35. The Morgan fingerprint density at radius 3 is 2.77 bits per heavy atom. The number of aliphatic hydroxyl groups is 2. The minimum atomic E-state index is -1.34. The second-order valence-electron chi connectivity index (χ2n) is 3.30. The standard InChI is InChI=1S/C8H15NO4/c10-7(11)3-5-9-4-1-2-6(9)8(12)13/h6-7,10-11H,1-5H2,(H,12,13)/t6-/m0/s1. The van der Waals surface area contributed by atoms with Crippen molar-refractivity contribution < 1.29 is 20.1 Å². The molecule has 1 atom stereocenters. The molecule has 0 unspecified atom stereocenters. The van der Waals surface area contributed by atoms with Gasteiger partial charge in [0.05, 0.1) is 0 Å². The molecule has 0 spiro atoms. The summed E-state index contributed by atoms with van der Waals surface area (Å²) in [6.07, 6.45) is 0.411. The van der Waals surface area contributed by atoms with Gasteiger partial charge in [0.2, 0.25) is 0 Å². The van der Waals surface area contributed by atoms with Crippen molar-refractivity contribution in [3.63, 3.8) is 0 Å². The number of carbonyl (C=O) groups is 1. The summed E-state index contributed by atoms with van der Waals surface area (Å²) in [5, 5.41) is 26.0. The first-order chi connectivity index (χ1) is 6.11. The Morgan fingerprint density at radius 1 is 1.54 bits per heavy atom. The summed E-state index contributed by atoms with van der Waals surface area (Å²) < 4.78 is 0. The molecule has 0 aromatic carbocycles. The number of likely N-dealkylation sites (tertiary alicyclic amines) is 1. The van der Waals surface area contributed by atoms with Crippen LogP contribution in [-0.4, -0.2) is 51.6 Å². The fraction of sp³-hybridized carbons (Fsp3) is 0.875. The fourth-order valence-corrected chi connectivity index (χ4v) is 1.65. The van der Waals surface area contributed by atoms with Crippen LogP contribution in [-0.2, 0) is 4.79 Å². The third kappa shape index (κ3) is 2.95. The highest BCUT2D eigenvalue weighted by atomic mass is 16.5. The summed E-state index contributed by atoms with van der Waals surface area (Å²) in [6, 6.07) is -0.432. The summed E-state index contributed by atoms with van der Waals surface area (Å²) >= 11 is 0. The van der Waals surface area contributed by atoms with E-state index in [2.05, 4.69) is 0 Å². The first kappa shape index (κ1) is 10.4. The Bertz CT molecular complexity index is 183. The lowest BCUT2D eigenvalue weighted by Gasteiger charge is -2.20. The number of carboxylic acid groups (broad SMARTS) is 1. The van der Waals surface area contributed by atoms with Gasteiger partial charge >= 0.3 is 5.97 Å². The zero-order chi connectivity index (χ0) is 9.84. The van der Waals surface area contributed by atoms with E-state index in [0.29, 0.717) is 13.0 Å². The van der Waals surface area contributed by atoms with E-state index in [9.17, 15) is 4.79 Å². The quantitative estimate of drug-likeness (QED) is 0.506. The van der Waals surface area contributed by atoms with E-state index in [1.807, 2.05) is 0 Å². The molecule has 1 fully saturated rings. The van der Waals surface area contributed by atoms with Crippen LogP contribution in [0.25, 0.3) is 0 Å².